The van der Waals surface area contributed by atoms with Gasteiger partial charge in [-0.15, -0.1) is 0 Å². The van der Waals surface area contributed by atoms with Crippen molar-refractivity contribution in [2.75, 3.05) is 0 Å². The molecule has 0 radical (unpaired) electrons. The molecule has 5 nitrogen and oxygen atoms in total. The van der Waals surface area contributed by atoms with Crippen LogP contribution in [0.2, 0.25) is 0 Å². The molecule has 4 rings (SSSR count). The molecule has 0 saturated carbocycles. The van der Waals surface area contributed by atoms with Gasteiger partial charge >= 0.3 is 0 Å². The van der Waals surface area contributed by atoms with Crippen LogP contribution in [0, 0.1) is 0 Å². The van der Waals surface area contributed by atoms with E-state index < -0.39 is 0 Å². The topological polar surface area (TPSA) is 63.6 Å². The molecule has 1 aromatic carbocycles. The molecule has 0 aliphatic heterocycles. The predicted molar refractivity (Wildman–Crippen MR) is 77.8 cm³/mol. The summed E-state index contributed by atoms with van der Waals surface area (Å²) < 4.78 is 6.99. The fourth-order valence-electron chi connectivity index (χ4n) is 2.42. The molecular weight excluding hydrogens is 266 g/mol. The Morgan fingerprint density at radius 2 is 1.95 bits per heavy atom. The summed E-state index contributed by atoms with van der Waals surface area (Å²) in [6, 6.07) is 15.0. The van der Waals surface area contributed by atoms with Crippen molar-refractivity contribution in [3.8, 4) is 28.3 Å². The van der Waals surface area contributed by atoms with Crippen LogP contribution in [0.1, 0.15) is 0 Å². The highest BCUT2D eigenvalue weighted by Gasteiger charge is 2.11. The van der Waals surface area contributed by atoms with Crippen molar-refractivity contribution in [2.24, 2.45) is 0 Å². The Morgan fingerprint density at radius 3 is 2.81 bits per heavy atom. The number of phenols is 1. The number of hydrogen-bond donors (Lipinski definition) is 1. The highest BCUT2D eigenvalue weighted by Crippen LogP contribution is 2.33. The molecule has 0 bridgehead atoms. The van der Waals surface area contributed by atoms with E-state index in [1.807, 2.05) is 40.9 Å². The van der Waals surface area contributed by atoms with Crippen molar-refractivity contribution in [2.45, 2.75) is 0 Å². The zero-order chi connectivity index (χ0) is 14.2. The molecular formula is C16H11N3O2. The average Bonchev–Trinajstić information content (AvgIpc) is 3.18. The van der Waals surface area contributed by atoms with Crippen LogP contribution in [-0.4, -0.2) is 19.9 Å². The zero-order valence-corrected chi connectivity index (χ0v) is 11.0. The summed E-state index contributed by atoms with van der Waals surface area (Å²) in [6.45, 7) is 0. The van der Waals surface area contributed by atoms with Gasteiger partial charge in [0.25, 0.3) is 0 Å². The van der Waals surface area contributed by atoms with Crippen LogP contribution in [0.15, 0.2) is 65.4 Å². The van der Waals surface area contributed by atoms with Gasteiger partial charge in [0.1, 0.15) is 5.75 Å². The smallest absolute Gasteiger partial charge is 0.170 e. The van der Waals surface area contributed by atoms with E-state index >= 15 is 0 Å². The van der Waals surface area contributed by atoms with Crippen molar-refractivity contribution in [1.82, 2.24) is 14.8 Å². The summed E-state index contributed by atoms with van der Waals surface area (Å²) in [4.78, 5) is 0. The van der Waals surface area contributed by atoms with E-state index in [0.29, 0.717) is 11.3 Å². The molecule has 0 unspecified atom stereocenters. The highest BCUT2D eigenvalue weighted by atomic mass is 16.5. The summed E-state index contributed by atoms with van der Waals surface area (Å²) in [6.07, 6.45) is 3.31. The standard InChI is InChI=1S/C16H11N3O2/c20-15-5-4-11(10-13(15)16-7-9-18-21-16)14-3-1-2-12-6-8-17-19(12)14/h1-10,20H. The summed E-state index contributed by atoms with van der Waals surface area (Å²) in [5.41, 5.74) is 3.50. The number of aromatic nitrogens is 3. The van der Waals surface area contributed by atoms with E-state index in [-0.39, 0.29) is 5.75 Å². The van der Waals surface area contributed by atoms with Crippen LogP contribution in [0.4, 0.5) is 0 Å². The van der Waals surface area contributed by atoms with Gasteiger partial charge in [0.05, 0.1) is 29.2 Å². The lowest BCUT2D eigenvalue weighted by Crippen LogP contribution is -1.93. The Balaban J connectivity index is 1.94. The Labute approximate surface area is 120 Å². The number of rotatable bonds is 2. The summed E-state index contributed by atoms with van der Waals surface area (Å²) in [5.74, 6) is 0.685. The first-order chi connectivity index (χ1) is 10.3. The SMILES string of the molecule is Oc1ccc(-c2cccc3ccnn23)cc1-c1ccno1. The summed E-state index contributed by atoms with van der Waals surface area (Å²) >= 11 is 0. The Morgan fingerprint density at radius 1 is 1.00 bits per heavy atom. The molecule has 3 aromatic heterocycles. The predicted octanol–water partition coefficient (Wildman–Crippen LogP) is 3.36. The van der Waals surface area contributed by atoms with Crippen LogP contribution in [-0.2, 0) is 0 Å². The minimum absolute atomic E-state index is 0.156. The molecule has 0 aliphatic carbocycles. The maximum atomic E-state index is 10.0. The van der Waals surface area contributed by atoms with Gasteiger partial charge in [0, 0.05) is 11.6 Å². The van der Waals surface area contributed by atoms with Gasteiger partial charge in [-0.1, -0.05) is 11.2 Å². The Bertz CT molecular complexity index is 910. The van der Waals surface area contributed by atoms with Crippen molar-refractivity contribution >= 4 is 5.52 Å². The zero-order valence-electron chi connectivity index (χ0n) is 11.0. The maximum Gasteiger partial charge on any atom is 0.170 e. The lowest BCUT2D eigenvalue weighted by Gasteiger charge is -2.08. The quantitative estimate of drug-likeness (QED) is 0.610. The van der Waals surface area contributed by atoms with Crippen LogP contribution < -0.4 is 0 Å². The molecule has 102 valence electrons. The lowest BCUT2D eigenvalue weighted by molar-refractivity contribution is 0.426. The van der Waals surface area contributed by atoms with E-state index in [1.54, 1.807) is 24.5 Å². The molecule has 0 fully saturated rings. The molecule has 0 spiro atoms. The molecule has 5 heteroatoms. The van der Waals surface area contributed by atoms with E-state index in [1.165, 1.54) is 0 Å². The minimum atomic E-state index is 0.156. The lowest BCUT2D eigenvalue weighted by atomic mass is 10.0. The number of hydrogen-bond acceptors (Lipinski definition) is 4. The van der Waals surface area contributed by atoms with Crippen molar-refractivity contribution in [3.63, 3.8) is 0 Å². The monoisotopic (exact) mass is 277 g/mol. The van der Waals surface area contributed by atoms with Gasteiger partial charge in [-0.25, -0.2) is 4.52 Å². The van der Waals surface area contributed by atoms with E-state index in [2.05, 4.69) is 10.3 Å². The maximum absolute atomic E-state index is 10.0. The van der Waals surface area contributed by atoms with Crippen molar-refractivity contribution < 1.29 is 9.63 Å². The Kier molecular flexibility index (Phi) is 2.50. The minimum Gasteiger partial charge on any atom is -0.507 e. The average molecular weight is 277 g/mol. The van der Waals surface area contributed by atoms with Gasteiger partial charge in [-0.2, -0.15) is 5.10 Å². The molecule has 0 amide bonds. The number of aromatic hydroxyl groups is 1. The van der Waals surface area contributed by atoms with Crippen LogP contribution in [0.25, 0.3) is 28.1 Å². The van der Waals surface area contributed by atoms with Gasteiger partial charge in [0.15, 0.2) is 5.76 Å². The van der Waals surface area contributed by atoms with Crippen molar-refractivity contribution in [3.05, 3.63) is 60.9 Å². The number of nitrogens with zero attached hydrogens (tertiary/aromatic N) is 3. The van der Waals surface area contributed by atoms with Gasteiger partial charge in [0.2, 0.25) is 0 Å². The van der Waals surface area contributed by atoms with Gasteiger partial charge < -0.3 is 9.63 Å². The van der Waals surface area contributed by atoms with E-state index in [0.717, 1.165) is 16.8 Å². The van der Waals surface area contributed by atoms with E-state index in [9.17, 15) is 5.11 Å². The molecule has 0 saturated heterocycles. The van der Waals surface area contributed by atoms with Crippen molar-refractivity contribution in [1.29, 1.82) is 0 Å². The van der Waals surface area contributed by atoms with Gasteiger partial charge in [-0.05, 0) is 36.4 Å². The third-order valence-electron chi connectivity index (χ3n) is 3.42. The number of phenolic OH excluding ortho intramolecular Hbond substituents is 1. The fraction of sp³-hybridized carbons (Fsp3) is 0. The number of benzene rings is 1. The third-order valence-corrected chi connectivity index (χ3v) is 3.42. The van der Waals surface area contributed by atoms with Crippen LogP contribution >= 0.6 is 0 Å². The Hall–Kier alpha value is -3.08. The number of pyridine rings is 1. The molecule has 1 N–H and O–H groups in total. The molecule has 0 atom stereocenters. The van der Waals surface area contributed by atoms with Crippen LogP contribution in [0.5, 0.6) is 5.75 Å². The molecule has 3 heterocycles. The second-order valence-electron chi connectivity index (χ2n) is 4.69. The summed E-state index contributed by atoms with van der Waals surface area (Å²) in [7, 11) is 0. The fourth-order valence-corrected chi connectivity index (χ4v) is 2.42. The largest absolute Gasteiger partial charge is 0.507 e. The van der Waals surface area contributed by atoms with Crippen LogP contribution in [0.3, 0.4) is 0 Å². The molecule has 4 aromatic rings. The third kappa shape index (κ3) is 1.87. The molecule has 21 heavy (non-hydrogen) atoms. The molecule has 0 aliphatic rings. The highest BCUT2D eigenvalue weighted by molar-refractivity contribution is 5.74. The normalized spacial score (nSPS) is 11.0. The number of fused-ring (bicyclic) bond motifs is 1. The second-order valence-corrected chi connectivity index (χ2v) is 4.69. The summed E-state index contributed by atoms with van der Waals surface area (Å²) in [5, 5.41) is 18.0. The second kappa shape index (κ2) is 4.49. The first kappa shape index (κ1) is 11.7. The van der Waals surface area contributed by atoms with E-state index in [4.69, 9.17) is 4.52 Å². The first-order valence-electron chi connectivity index (χ1n) is 6.50. The first-order valence-corrected chi connectivity index (χ1v) is 6.50. The van der Waals surface area contributed by atoms with Gasteiger partial charge in [-0.3, -0.25) is 0 Å².